The number of carbonyl (C=O) groups is 1. The second kappa shape index (κ2) is 7.11. The van der Waals surface area contributed by atoms with Crippen LogP contribution in [0.3, 0.4) is 0 Å². The summed E-state index contributed by atoms with van der Waals surface area (Å²) in [6.45, 7) is 5.35. The van der Waals surface area contributed by atoms with Gasteiger partial charge in [-0.25, -0.2) is 0 Å². The van der Waals surface area contributed by atoms with Gasteiger partial charge in [-0.15, -0.1) is 0 Å². The molecule has 2 N–H and O–H groups in total. The lowest BCUT2D eigenvalue weighted by Gasteiger charge is -2.23. The Kier molecular flexibility index (Phi) is 5.18. The van der Waals surface area contributed by atoms with Gasteiger partial charge in [0.1, 0.15) is 5.75 Å². The van der Waals surface area contributed by atoms with Crippen LogP contribution in [0, 0.1) is 0 Å². The normalized spacial score (nSPS) is 18.9. The fourth-order valence-electron chi connectivity index (χ4n) is 1.94. The van der Waals surface area contributed by atoms with Gasteiger partial charge < -0.3 is 20.1 Å². The van der Waals surface area contributed by atoms with E-state index in [2.05, 4.69) is 10.6 Å². The van der Waals surface area contributed by atoms with Crippen molar-refractivity contribution in [1.29, 1.82) is 0 Å². The molecule has 104 valence electrons. The highest BCUT2D eigenvalue weighted by Gasteiger charge is 2.14. The van der Waals surface area contributed by atoms with Crippen molar-refractivity contribution in [1.82, 2.24) is 10.6 Å². The maximum atomic E-state index is 11.9. The zero-order valence-electron chi connectivity index (χ0n) is 11.1. The quantitative estimate of drug-likeness (QED) is 0.826. The Morgan fingerprint density at radius 2 is 2.26 bits per heavy atom. The average molecular weight is 264 g/mol. The van der Waals surface area contributed by atoms with Crippen LogP contribution in [-0.2, 0) is 4.74 Å². The molecule has 1 aliphatic heterocycles. The van der Waals surface area contributed by atoms with Gasteiger partial charge in [0.15, 0.2) is 0 Å². The topological polar surface area (TPSA) is 59.6 Å². The first-order valence-corrected chi connectivity index (χ1v) is 6.62. The molecule has 1 unspecified atom stereocenters. The summed E-state index contributed by atoms with van der Waals surface area (Å²) in [7, 11) is 0. The van der Waals surface area contributed by atoms with Crippen LogP contribution in [0.5, 0.6) is 5.75 Å². The highest BCUT2D eigenvalue weighted by molar-refractivity contribution is 5.94. The Labute approximate surface area is 113 Å². The third-order valence-corrected chi connectivity index (χ3v) is 2.93. The summed E-state index contributed by atoms with van der Waals surface area (Å²) in [5, 5.41) is 6.19. The lowest BCUT2D eigenvalue weighted by Crippen LogP contribution is -2.48. The highest BCUT2D eigenvalue weighted by Crippen LogP contribution is 2.11. The lowest BCUT2D eigenvalue weighted by molar-refractivity contribution is 0.0734. The molecule has 1 aliphatic rings. The Bertz CT molecular complexity index is 400. The maximum absolute atomic E-state index is 11.9. The molecule has 1 fully saturated rings. The van der Waals surface area contributed by atoms with Crippen LogP contribution in [0.2, 0.25) is 0 Å². The van der Waals surface area contributed by atoms with E-state index in [4.69, 9.17) is 9.47 Å². The molecule has 0 bridgehead atoms. The van der Waals surface area contributed by atoms with E-state index in [-0.39, 0.29) is 11.9 Å². The number of rotatable bonds is 5. The van der Waals surface area contributed by atoms with Crippen molar-refractivity contribution in [2.24, 2.45) is 0 Å². The molecule has 0 aliphatic carbocycles. The number of hydrogen-bond donors (Lipinski definition) is 2. The van der Waals surface area contributed by atoms with Gasteiger partial charge >= 0.3 is 0 Å². The molecule has 1 atom stereocenters. The molecule has 0 spiro atoms. The second-order valence-electron chi connectivity index (χ2n) is 4.39. The summed E-state index contributed by atoms with van der Waals surface area (Å²) in [5.74, 6) is 0.705. The minimum Gasteiger partial charge on any atom is -0.494 e. The predicted octanol–water partition coefficient (Wildman–Crippen LogP) is 0.803. The van der Waals surface area contributed by atoms with E-state index in [1.807, 2.05) is 6.92 Å². The average Bonchev–Trinajstić information content (AvgIpc) is 2.47. The lowest BCUT2D eigenvalue weighted by atomic mass is 10.2. The van der Waals surface area contributed by atoms with E-state index in [0.717, 1.165) is 18.9 Å². The summed E-state index contributed by atoms with van der Waals surface area (Å²) in [4.78, 5) is 11.9. The minimum absolute atomic E-state index is 0.0737. The maximum Gasteiger partial charge on any atom is 0.251 e. The van der Waals surface area contributed by atoms with Crippen LogP contribution < -0.4 is 15.4 Å². The van der Waals surface area contributed by atoms with Crippen LogP contribution in [0.1, 0.15) is 17.3 Å². The fourth-order valence-corrected chi connectivity index (χ4v) is 1.94. The van der Waals surface area contributed by atoms with Crippen molar-refractivity contribution >= 4 is 5.91 Å². The standard InChI is InChI=1S/C14H20N2O3/c1-2-19-13-5-3-11(4-6-13)14(17)16-9-12-10-18-8-7-15-12/h3-6,12,15H,2,7-10H2,1H3,(H,16,17). The predicted molar refractivity (Wildman–Crippen MR) is 72.6 cm³/mol. The van der Waals surface area contributed by atoms with Crippen LogP contribution in [0.4, 0.5) is 0 Å². The summed E-state index contributed by atoms with van der Waals surface area (Å²) >= 11 is 0. The van der Waals surface area contributed by atoms with Crippen LogP contribution >= 0.6 is 0 Å². The zero-order valence-corrected chi connectivity index (χ0v) is 11.1. The summed E-state index contributed by atoms with van der Waals surface area (Å²) in [6.07, 6.45) is 0. The molecule has 5 heteroatoms. The summed E-state index contributed by atoms with van der Waals surface area (Å²) < 4.78 is 10.7. The van der Waals surface area contributed by atoms with Gasteiger partial charge in [-0.3, -0.25) is 4.79 Å². The smallest absolute Gasteiger partial charge is 0.251 e. The number of nitrogens with one attached hydrogen (secondary N) is 2. The van der Waals surface area contributed by atoms with E-state index in [0.29, 0.717) is 25.3 Å². The molecule has 19 heavy (non-hydrogen) atoms. The molecule has 2 rings (SSSR count). The van der Waals surface area contributed by atoms with Crippen LogP contribution in [0.15, 0.2) is 24.3 Å². The van der Waals surface area contributed by atoms with Crippen molar-refractivity contribution in [2.75, 3.05) is 32.9 Å². The van der Waals surface area contributed by atoms with Gasteiger partial charge in [0, 0.05) is 24.7 Å². The Morgan fingerprint density at radius 1 is 1.47 bits per heavy atom. The summed E-state index contributed by atoms with van der Waals surface area (Å²) in [6, 6.07) is 7.34. The van der Waals surface area contributed by atoms with E-state index >= 15 is 0 Å². The van der Waals surface area contributed by atoms with Crippen LogP contribution in [-0.4, -0.2) is 44.9 Å². The van der Waals surface area contributed by atoms with Gasteiger partial charge in [0.2, 0.25) is 0 Å². The number of hydrogen-bond acceptors (Lipinski definition) is 4. The third kappa shape index (κ3) is 4.22. The molecule has 1 aromatic carbocycles. The summed E-state index contributed by atoms with van der Waals surface area (Å²) in [5.41, 5.74) is 0.639. The van der Waals surface area contributed by atoms with E-state index in [1.165, 1.54) is 0 Å². The first kappa shape index (κ1) is 13.8. The largest absolute Gasteiger partial charge is 0.494 e. The molecular formula is C14H20N2O3. The second-order valence-corrected chi connectivity index (χ2v) is 4.39. The molecule has 5 nitrogen and oxygen atoms in total. The molecule has 1 saturated heterocycles. The number of carbonyl (C=O) groups excluding carboxylic acids is 1. The first-order chi connectivity index (χ1) is 9.29. The molecular weight excluding hydrogens is 244 g/mol. The zero-order chi connectivity index (χ0) is 13.5. The van der Waals surface area contributed by atoms with E-state index in [9.17, 15) is 4.79 Å². The van der Waals surface area contributed by atoms with Crippen molar-refractivity contribution in [2.45, 2.75) is 13.0 Å². The molecule has 0 saturated carbocycles. The molecule has 0 aromatic heterocycles. The first-order valence-electron chi connectivity index (χ1n) is 6.62. The molecule has 1 amide bonds. The van der Waals surface area contributed by atoms with Gasteiger partial charge in [0.25, 0.3) is 5.91 Å². The molecule has 1 aromatic rings. The molecule has 1 heterocycles. The SMILES string of the molecule is CCOc1ccc(C(=O)NCC2COCCN2)cc1. The Morgan fingerprint density at radius 3 is 2.89 bits per heavy atom. The van der Waals surface area contributed by atoms with Crippen molar-refractivity contribution in [3.05, 3.63) is 29.8 Å². The third-order valence-electron chi connectivity index (χ3n) is 2.93. The van der Waals surface area contributed by atoms with Gasteiger partial charge in [-0.1, -0.05) is 0 Å². The minimum atomic E-state index is -0.0737. The Hall–Kier alpha value is -1.59. The monoisotopic (exact) mass is 264 g/mol. The van der Waals surface area contributed by atoms with E-state index < -0.39 is 0 Å². The highest BCUT2D eigenvalue weighted by atomic mass is 16.5. The fraction of sp³-hybridized carbons (Fsp3) is 0.500. The van der Waals surface area contributed by atoms with Crippen molar-refractivity contribution in [3.63, 3.8) is 0 Å². The number of amides is 1. The number of morpholine rings is 1. The number of benzene rings is 1. The Balaban J connectivity index is 1.81. The number of ether oxygens (including phenoxy) is 2. The van der Waals surface area contributed by atoms with Gasteiger partial charge in [-0.05, 0) is 31.2 Å². The van der Waals surface area contributed by atoms with Gasteiger partial charge in [0.05, 0.1) is 19.8 Å². The van der Waals surface area contributed by atoms with Crippen LogP contribution in [0.25, 0.3) is 0 Å². The van der Waals surface area contributed by atoms with Crippen molar-refractivity contribution < 1.29 is 14.3 Å². The van der Waals surface area contributed by atoms with Crippen molar-refractivity contribution in [3.8, 4) is 5.75 Å². The van der Waals surface area contributed by atoms with Gasteiger partial charge in [-0.2, -0.15) is 0 Å². The van der Waals surface area contributed by atoms with E-state index in [1.54, 1.807) is 24.3 Å². The molecule has 0 radical (unpaired) electrons.